The Kier molecular flexibility index (Phi) is 17.6. The molecule has 0 saturated heterocycles. The molecule has 0 heterocycles. The summed E-state index contributed by atoms with van der Waals surface area (Å²) in [7, 11) is 0. The van der Waals surface area contributed by atoms with E-state index in [2.05, 4.69) is 19.1 Å². The maximum atomic E-state index is 10.2. The highest BCUT2D eigenvalue weighted by molar-refractivity contribution is 5.63. The monoisotopic (exact) mass is 309 g/mol. The van der Waals surface area contributed by atoms with Crippen molar-refractivity contribution >= 4 is 5.97 Å². The van der Waals surface area contributed by atoms with Crippen molar-refractivity contribution in [1.29, 1.82) is 0 Å². The lowest BCUT2D eigenvalue weighted by Gasteiger charge is -2.01. The minimum absolute atomic E-state index is 0.221. The lowest BCUT2D eigenvalue weighted by molar-refractivity contribution is -0.305. The molecule has 2 heteroatoms. The largest absolute Gasteiger partial charge is 0.550 e. The van der Waals surface area contributed by atoms with Crippen molar-refractivity contribution in [2.75, 3.05) is 0 Å². The van der Waals surface area contributed by atoms with Gasteiger partial charge in [-0.1, -0.05) is 83.3 Å². The predicted molar refractivity (Wildman–Crippen MR) is 93.7 cm³/mol. The molecule has 0 atom stereocenters. The lowest BCUT2D eigenvalue weighted by atomic mass is 10.1. The smallest absolute Gasteiger partial charge is 0.0414 e. The maximum absolute atomic E-state index is 10.2. The van der Waals surface area contributed by atoms with Crippen LogP contribution in [0.5, 0.6) is 0 Å². The third-order valence-electron chi connectivity index (χ3n) is 4.14. The van der Waals surface area contributed by atoms with E-state index in [0.29, 0.717) is 0 Å². The van der Waals surface area contributed by atoms with Gasteiger partial charge >= 0.3 is 0 Å². The Labute approximate surface area is 138 Å². The SMILES string of the molecule is CCCCCCCCCC/C=C\CCCCCCCC(=O)[O-]. The van der Waals surface area contributed by atoms with Crippen molar-refractivity contribution in [2.45, 2.75) is 110 Å². The molecule has 0 aromatic rings. The number of allylic oxidation sites excluding steroid dienone is 2. The maximum Gasteiger partial charge on any atom is 0.0414 e. The Morgan fingerprint density at radius 1 is 0.682 bits per heavy atom. The van der Waals surface area contributed by atoms with Crippen molar-refractivity contribution in [3.05, 3.63) is 12.2 Å². The molecule has 0 aliphatic rings. The number of aliphatic carboxylic acids is 1. The number of hydrogen-bond acceptors (Lipinski definition) is 2. The third-order valence-corrected chi connectivity index (χ3v) is 4.14. The first-order valence-electron chi connectivity index (χ1n) is 9.62. The first-order chi connectivity index (χ1) is 10.8. The first kappa shape index (κ1) is 21.2. The van der Waals surface area contributed by atoms with Gasteiger partial charge in [-0.25, -0.2) is 0 Å². The summed E-state index contributed by atoms with van der Waals surface area (Å²) in [6.45, 7) is 2.27. The zero-order valence-electron chi connectivity index (χ0n) is 14.8. The fourth-order valence-electron chi connectivity index (χ4n) is 2.69. The Morgan fingerprint density at radius 2 is 1.09 bits per heavy atom. The highest BCUT2D eigenvalue weighted by atomic mass is 16.4. The van der Waals surface area contributed by atoms with Crippen molar-refractivity contribution in [3.8, 4) is 0 Å². The van der Waals surface area contributed by atoms with E-state index >= 15 is 0 Å². The fourth-order valence-corrected chi connectivity index (χ4v) is 2.69. The van der Waals surface area contributed by atoms with Gasteiger partial charge in [0, 0.05) is 5.97 Å². The van der Waals surface area contributed by atoms with Crippen LogP contribution in [-0.4, -0.2) is 5.97 Å². The minimum atomic E-state index is -0.913. The van der Waals surface area contributed by atoms with Gasteiger partial charge in [0.2, 0.25) is 0 Å². The van der Waals surface area contributed by atoms with Crippen LogP contribution in [0.4, 0.5) is 0 Å². The van der Waals surface area contributed by atoms with Crippen LogP contribution >= 0.6 is 0 Å². The zero-order valence-corrected chi connectivity index (χ0v) is 14.8. The number of unbranched alkanes of at least 4 members (excludes halogenated alkanes) is 13. The van der Waals surface area contributed by atoms with Crippen molar-refractivity contribution in [1.82, 2.24) is 0 Å². The standard InChI is InChI=1S/C20H38O2/c1-2-3-4-5-6-7-8-9-10-11-12-13-14-15-16-17-18-19-20(21)22/h11-12H,2-10,13-19H2,1H3,(H,21,22)/p-1/b12-11-. The average molecular weight is 310 g/mol. The highest BCUT2D eigenvalue weighted by Gasteiger charge is 1.92. The molecule has 0 aliphatic carbocycles. The molecule has 0 bridgehead atoms. The molecule has 0 rings (SSSR count). The van der Waals surface area contributed by atoms with Crippen LogP contribution < -0.4 is 5.11 Å². The molecule has 0 unspecified atom stereocenters. The second-order valence-electron chi connectivity index (χ2n) is 6.41. The zero-order chi connectivity index (χ0) is 16.3. The van der Waals surface area contributed by atoms with Crippen LogP contribution in [0.25, 0.3) is 0 Å². The van der Waals surface area contributed by atoms with Gasteiger partial charge in [-0.2, -0.15) is 0 Å². The number of carboxylic acids is 1. The van der Waals surface area contributed by atoms with Gasteiger partial charge < -0.3 is 9.90 Å². The number of hydrogen-bond donors (Lipinski definition) is 0. The van der Waals surface area contributed by atoms with E-state index in [4.69, 9.17) is 0 Å². The van der Waals surface area contributed by atoms with Crippen molar-refractivity contribution in [2.24, 2.45) is 0 Å². The number of carbonyl (C=O) groups is 1. The van der Waals surface area contributed by atoms with Crippen molar-refractivity contribution < 1.29 is 9.90 Å². The van der Waals surface area contributed by atoms with E-state index in [1.54, 1.807) is 0 Å². The third kappa shape index (κ3) is 19.2. The number of carbonyl (C=O) groups excluding carboxylic acids is 1. The molecular weight excluding hydrogens is 272 g/mol. The Bertz CT molecular complexity index is 258. The summed E-state index contributed by atoms with van der Waals surface area (Å²) in [5.74, 6) is -0.913. The number of carboxylic acid groups (broad SMARTS) is 1. The van der Waals surface area contributed by atoms with E-state index < -0.39 is 5.97 Å². The molecular formula is C20H37O2-. The average Bonchev–Trinajstić information content (AvgIpc) is 2.50. The Morgan fingerprint density at radius 3 is 1.55 bits per heavy atom. The van der Waals surface area contributed by atoms with E-state index in [-0.39, 0.29) is 6.42 Å². The fraction of sp³-hybridized carbons (Fsp3) is 0.850. The molecule has 0 aliphatic heterocycles. The summed E-state index contributed by atoms with van der Waals surface area (Å²) < 4.78 is 0. The van der Waals surface area contributed by atoms with Gasteiger partial charge in [0.1, 0.15) is 0 Å². The van der Waals surface area contributed by atoms with Crippen LogP contribution in [0.3, 0.4) is 0 Å². The molecule has 0 aromatic heterocycles. The second-order valence-corrected chi connectivity index (χ2v) is 6.41. The summed E-state index contributed by atoms with van der Waals surface area (Å²) in [6.07, 6.45) is 23.8. The Hall–Kier alpha value is -0.790. The summed E-state index contributed by atoms with van der Waals surface area (Å²) in [5, 5.41) is 10.2. The molecule has 0 N–H and O–H groups in total. The second kappa shape index (κ2) is 18.3. The molecule has 2 nitrogen and oxygen atoms in total. The lowest BCUT2D eigenvalue weighted by Crippen LogP contribution is -2.21. The van der Waals surface area contributed by atoms with E-state index in [0.717, 1.165) is 19.3 Å². The predicted octanol–water partition coefficient (Wildman–Crippen LogP) is 5.55. The van der Waals surface area contributed by atoms with Gasteiger partial charge in [-0.05, 0) is 38.5 Å². The van der Waals surface area contributed by atoms with E-state index in [9.17, 15) is 9.90 Å². The van der Waals surface area contributed by atoms with Crippen LogP contribution in [0, 0.1) is 0 Å². The Balaban J connectivity index is 3.07. The van der Waals surface area contributed by atoms with Crippen LogP contribution in [0.2, 0.25) is 0 Å². The summed E-state index contributed by atoms with van der Waals surface area (Å²) in [5.41, 5.74) is 0. The van der Waals surface area contributed by atoms with Crippen molar-refractivity contribution in [3.63, 3.8) is 0 Å². The molecule has 0 spiro atoms. The van der Waals surface area contributed by atoms with E-state index in [1.165, 1.54) is 77.0 Å². The minimum Gasteiger partial charge on any atom is -0.550 e. The summed E-state index contributed by atoms with van der Waals surface area (Å²) in [4.78, 5) is 10.2. The molecule has 130 valence electrons. The van der Waals surface area contributed by atoms with Gasteiger partial charge in [-0.15, -0.1) is 0 Å². The normalized spacial score (nSPS) is 11.3. The summed E-state index contributed by atoms with van der Waals surface area (Å²) >= 11 is 0. The highest BCUT2D eigenvalue weighted by Crippen LogP contribution is 2.10. The first-order valence-corrected chi connectivity index (χ1v) is 9.62. The topological polar surface area (TPSA) is 40.1 Å². The van der Waals surface area contributed by atoms with E-state index in [1.807, 2.05) is 0 Å². The number of rotatable bonds is 17. The molecule has 0 aromatic carbocycles. The summed E-state index contributed by atoms with van der Waals surface area (Å²) in [6, 6.07) is 0. The van der Waals surface area contributed by atoms with Gasteiger partial charge in [0.25, 0.3) is 0 Å². The molecule has 0 radical (unpaired) electrons. The molecule has 0 saturated carbocycles. The van der Waals surface area contributed by atoms with Gasteiger partial charge in [-0.3, -0.25) is 0 Å². The quantitative estimate of drug-likeness (QED) is 0.261. The molecule has 0 amide bonds. The van der Waals surface area contributed by atoms with Crippen LogP contribution in [0.15, 0.2) is 12.2 Å². The van der Waals surface area contributed by atoms with Crippen LogP contribution in [0.1, 0.15) is 110 Å². The van der Waals surface area contributed by atoms with Gasteiger partial charge in [0.15, 0.2) is 0 Å². The molecule has 0 fully saturated rings. The van der Waals surface area contributed by atoms with Gasteiger partial charge in [0.05, 0.1) is 0 Å². The van der Waals surface area contributed by atoms with Crippen LogP contribution in [-0.2, 0) is 4.79 Å². The molecule has 22 heavy (non-hydrogen) atoms.